The maximum atomic E-state index is 12.2. The minimum Gasteiger partial charge on any atom is -0.320 e. The fraction of sp³-hybridized carbons (Fsp3) is 0.0667. The number of aromatic nitrogens is 1. The Kier molecular flexibility index (Phi) is 3.97. The Morgan fingerprint density at radius 2 is 2.24 bits per heavy atom. The molecule has 0 saturated heterocycles. The summed E-state index contributed by atoms with van der Waals surface area (Å²) in [6.07, 6.45) is 0. The van der Waals surface area contributed by atoms with Crippen LogP contribution < -0.4 is 11.1 Å². The number of nitrogens with zero attached hydrogens (tertiary/aromatic N) is 1. The first-order valence-electron chi connectivity index (χ1n) is 6.20. The van der Waals surface area contributed by atoms with Crippen molar-refractivity contribution in [2.75, 3.05) is 11.9 Å². The van der Waals surface area contributed by atoms with Crippen molar-refractivity contribution in [1.82, 2.24) is 4.98 Å². The molecule has 3 aromatic rings. The zero-order chi connectivity index (χ0) is 14.7. The molecule has 4 nitrogen and oxygen atoms in total. The Balaban J connectivity index is 1.77. The lowest BCUT2D eigenvalue weighted by molar-refractivity contribution is 0.102. The Morgan fingerprint density at radius 1 is 1.38 bits per heavy atom. The molecule has 6 heteroatoms. The van der Waals surface area contributed by atoms with Gasteiger partial charge in [0.25, 0.3) is 5.91 Å². The number of hydrogen-bond acceptors (Lipinski definition) is 5. The normalized spacial score (nSPS) is 10.1. The molecule has 2 heterocycles. The van der Waals surface area contributed by atoms with Gasteiger partial charge in [0.15, 0.2) is 5.13 Å². The Hall–Kier alpha value is -2.20. The average molecular weight is 313 g/mol. The number of thiophene rings is 1. The molecule has 21 heavy (non-hydrogen) atoms. The summed E-state index contributed by atoms with van der Waals surface area (Å²) in [6, 6.07) is 9.54. The Morgan fingerprint density at radius 3 is 3.05 bits per heavy atom. The third-order valence-electron chi connectivity index (χ3n) is 2.69. The number of carbonyl (C=O) groups excluding carboxylic acids is 1. The van der Waals surface area contributed by atoms with Crippen molar-refractivity contribution in [1.29, 1.82) is 0 Å². The number of nitrogens with one attached hydrogen (secondary N) is 1. The number of amides is 1. The molecule has 0 spiro atoms. The van der Waals surface area contributed by atoms with Crippen LogP contribution in [0.1, 0.15) is 15.2 Å². The summed E-state index contributed by atoms with van der Waals surface area (Å²) in [6.45, 7) is 0.311. The highest BCUT2D eigenvalue weighted by Gasteiger charge is 2.11. The molecule has 0 unspecified atom stereocenters. The minimum atomic E-state index is -0.175. The van der Waals surface area contributed by atoms with Crippen molar-refractivity contribution >= 4 is 43.9 Å². The first-order chi connectivity index (χ1) is 10.3. The molecule has 0 aliphatic carbocycles. The van der Waals surface area contributed by atoms with Crippen LogP contribution in [0.4, 0.5) is 5.13 Å². The largest absolute Gasteiger partial charge is 0.320 e. The lowest BCUT2D eigenvalue weighted by Gasteiger charge is -1.97. The van der Waals surface area contributed by atoms with Gasteiger partial charge in [0, 0.05) is 5.38 Å². The van der Waals surface area contributed by atoms with E-state index < -0.39 is 0 Å². The molecular formula is C15H11N3OS2. The molecule has 3 rings (SSSR count). The highest BCUT2D eigenvalue weighted by Crippen LogP contribution is 2.26. The smallest absolute Gasteiger partial charge is 0.258 e. The summed E-state index contributed by atoms with van der Waals surface area (Å²) in [7, 11) is 0. The van der Waals surface area contributed by atoms with Crippen LogP contribution in [0.15, 0.2) is 35.7 Å². The van der Waals surface area contributed by atoms with E-state index in [4.69, 9.17) is 5.73 Å². The Bertz CT molecular complexity index is 821. The van der Waals surface area contributed by atoms with E-state index in [1.807, 2.05) is 24.3 Å². The van der Waals surface area contributed by atoms with Gasteiger partial charge < -0.3 is 5.73 Å². The van der Waals surface area contributed by atoms with Gasteiger partial charge in [0.05, 0.1) is 27.2 Å². The predicted octanol–water partition coefficient (Wildman–Crippen LogP) is 2.92. The fourth-order valence-corrected chi connectivity index (χ4v) is 3.37. The molecule has 0 aliphatic rings. The third-order valence-corrected chi connectivity index (χ3v) is 4.49. The van der Waals surface area contributed by atoms with Crippen molar-refractivity contribution in [3.63, 3.8) is 0 Å². The lowest BCUT2D eigenvalue weighted by Crippen LogP contribution is -2.10. The lowest BCUT2D eigenvalue weighted by atomic mass is 10.3. The van der Waals surface area contributed by atoms with Crippen molar-refractivity contribution in [3.8, 4) is 11.8 Å². The standard InChI is InChI=1S/C15H11N3OS2/c16-7-3-4-11-8-10(9-20-11)14(19)18-15-17-12-5-1-2-6-13(12)21-15/h1-2,5-6,8-9H,7,16H2,(H,17,18,19). The molecule has 1 amide bonds. The summed E-state index contributed by atoms with van der Waals surface area (Å²) in [4.78, 5) is 17.4. The van der Waals surface area contributed by atoms with Gasteiger partial charge in [-0.05, 0) is 18.2 Å². The van der Waals surface area contributed by atoms with E-state index in [-0.39, 0.29) is 5.91 Å². The summed E-state index contributed by atoms with van der Waals surface area (Å²) < 4.78 is 1.05. The first kappa shape index (κ1) is 13.8. The molecule has 0 fully saturated rings. The van der Waals surface area contributed by atoms with E-state index in [9.17, 15) is 4.79 Å². The number of carbonyl (C=O) groups is 1. The molecule has 1 aromatic carbocycles. The van der Waals surface area contributed by atoms with E-state index >= 15 is 0 Å². The highest BCUT2D eigenvalue weighted by atomic mass is 32.1. The number of fused-ring (bicyclic) bond motifs is 1. The molecule has 0 atom stereocenters. The van der Waals surface area contributed by atoms with Gasteiger partial charge in [-0.25, -0.2) is 4.98 Å². The maximum absolute atomic E-state index is 12.2. The number of benzene rings is 1. The van der Waals surface area contributed by atoms with Crippen LogP contribution in [0.2, 0.25) is 0 Å². The van der Waals surface area contributed by atoms with Crippen LogP contribution in [0.5, 0.6) is 0 Å². The van der Waals surface area contributed by atoms with Crippen LogP contribution in [0.25, 0.3) is 10.2 Å². The van der Waals surface area contributed by atoms with Gasteiger partial charge in [0.2, 0.25) is 0 Å². The third kappa shape index (κ3) is 3.11. The average Bonchev–Trinajstić information content (AvgIpc) is 3.11. The molecule has 0 bridgehead atoms. The van der Waals surface area contributed by atoms with Gasteiger partial charge in [-0.1, -0.05) is 35.3 Å². The topological polar surface area (TPSA) is 68.0 Å². The molecule has 2 aromatic heterocycles. The zero-order valence-electron chi connectivity index (χ0n) is 10.9. The molecule has 0 radical (unpaired) electrons. The van der Waals surface area contributed by atoms with E-state index in [2.05, 4.69) is 22.1 Å². The number of anilines is 1. The molecular weight excluding hydrogens is 302 g/mol. The van der Waals surface area contributed by atoms with Crippen molar-refractivity contribution < 1.29 is 4.79 Å². The summed E-state index contributed by atoms with van der Waals surface area (Å²) in [5.74, 6) is 5.51. The van der Waals surface area contributed by atoms with Crippen molar-refractivity contribution in [2.45, 2.75) is 0 Å². The van der Waals surface area contributed by atoms with Gasteiger partial charge in [-0.15, -0.1) is 11.3 Å². The number of rotatable bonds is 2. The van der Waals surface area contributed by atoms with Crippen LogP contribution in [-0.4, -0.2) is 17.4 Å². The van der Waals surface area contributed by atoms with Gasteiger partial charge >= 0.3 is 0 Å². The monoisotopic (exact) mass is 313 g/mol. The SMILES string of the molecule is NCC#Cc1cc(C(=O)Nc2nc3ccccc3s2)cs1. The van der Waals surface area contributed by atoms with Crippen molar-refractivity contribution in [3.05, 3.63) is 46.2 Å². The number of thiazole rings is 1. The minimum absolute atomic E-state index is 0.175. The van der Waals surface area contributed by atoms with E-state index in [1.165, 1.54) is 22.7 Å². The molecule has 3 N–H and O–H groups in total. The first-order valence-corrected chi connectivity index (χ1v) is 7.90. The zero-order valence-corrected chi connectivity index (χ0v) is 12.6. The number of para-hydroxylation sites is 1. The molecule has 0 saturated carbocycles. The number of hydrogen-bond donors (Lipinski definition) is 2. The van der Waals surface area contributed by atoms with Crippen LogP contribution in [0, 0.1) is 11.8 Å². The van der Waals surface area contributed by atoms with E-state index in [1.54, 1.807) is 11.4 Å². The van der Waals surface area contributed by atoms with Crippen LogP contribution in [-0.2, 0) is 0 Å². The van der Waals surface area contributed by atoms with Gasteiger partial charge in [-0.3, -0.25) is 10.1 Å². The van der Waals surface area contributed by atoms with Crippen LogP contribution in [0.3, 0.4) is 0 Å². The molecule has 0 aliphatic heterocycles. The van der Waals surface area contributed by atoms with Crippen molar-refractivity contribution in [2.24, 2.45) is 5.73 Å². The van der Waals surface area contributed by atoms with Gasteiger partial charge in [0.1, 0.15) is 0 Å². The predicted molar refractivity (Wildman–Crippen MR) is 87.8 cm³/mol. The second kappa shape index (κ2) is 6.06. The molecule has 104 valence electrons. The summed E-state index contributed by atoms with van der Waals surface area (Å²) in [5, 5.41) is 5.20. The quantitative estimate of drug-likeness (QED) is 0.715. The van der Waals surface area contributed by atoms with Crippen LogP contribution >= 0.6 is 22.7 Å². The Labute approximate surface area is 129 Å². The number of nitrogens with two attached hydrogens (primary N) is 1. The van der Waals surface area contributed by atoms with E-state index in [0.29, 0.717) is 17.2 Å². The summed E-state index contributed by atoms with van der Waals surface area (Å²) in [5.41, 5.74) is 6.80. The van der Waals surface area contributed by atoms with E-state index in [0.717, 1.165) is 15.1 Å². The summed E-state index contributed by atoms with van der Waals surface area (Å²) >= 11 is 2.88. The van der Waals surface area contributed by atoms with Gasteiger partial charge in [-0.2, -0.15) is 0 Å². The highest BCUT2D eigenvalue weighted by molar-refractivity contribution is 7.22. The maximum Gasteiger partial charge on any atom is 0.258 e. The second-order valence-electron chi connectivity index (χ2n) is 4.15. The fourth-order valence-electron chi connectivity index (χ4n) is 1.75. The second-order valence-corrected chi connectivity index (χ2v) is 6.09.